The zero-order chi connectivity index (χ0) is 14.1. The van der Waals surface area contributed by atoms with Gasteiger partial charge in [0.2, 0.25) is 0 Å². The molecule has 0 spiro atoms. The summed E-state index contributed by atoms with van der Waals surface area (Å²) < 4.78 is 0. The second-order valence-corrected chi connectivity index (χ2v) is 4.80. The van der Waals surface area contributed by atoms with Gasteiger partial charge in [0.05, 0.1) is 17.4 Å². The number of hydrogen-bond acceptors (Lipinski definition) is 3. The summed E-state index contributed by atoms with van der Waals surface area (Å²) in [6, 6.07) is 8.80. The van der Waals surface area contributed by atoms with Crippen LogP contribution in [0.15, 0.2) is 36.5 Å². The van der Waals surface area contributed by atoms with Crippen molar-refractivity contribution in [3.8, 4) is 0 Å². The minimum Gasteiger partial charge on any atom is -0.321 e. The number of carbonyl (C=O) groups excluding carboxylic acids is 1. The summed E-state index contributed by atoms with van der Waals surface area (Å²) in [5.74, 6) is -0.230. The smallest absolute Gasteiger partial charge is 0.255 e. The molecule has 1 aromatic carbocycles. The molecule has 0 bridgehead atoms. The molecule has 0 aliphatic rings. The number of benzene rings is 1. The Morgan fingerprint density at radius 3 is 3.00 bits per heavy atom. The maximum atomic E-state index is 12.3. The standard InChI is InChI=1S/C14H11ClN4O/c1-8-5-9(6-13(15)17-8)14(20)18-11-3-2-4-12-10(11)7-16-19-12/h2-7H,1H3,(H,16,19)(H,18,20). The highest BCUT2D eigenvalue weighted by molar-refractivity contribution is 6.29. The molecule has 20 heavy (non-hydrogen) atoms. The van der Waals surface area contributed by atoms with Crippen molar-refractivity contribution in [2.24, 2.45) is 0 Å². The highest BCUT2D eigenvalue weighted by atomic mass is 35.5. The van der Waals surface area contributed by atoms with Gasteiger partial charge in [0.25, 0.3) is 5.91 Å². The maximum absolute atomic E-state index is 12.3. The average Bonchev–Trinajstić information content (AvgIpc) is 2.87. The van der Waals surface area contributed by atoms with E-state index in [1.165, 1.54) is 0 Å². The predicted octanol–water partition coefficient (Wildman–Crippen LogP) is 3.17. The number of pyridine rings is 1. The van der Waals surface area contributed by atoms with Gasteiger partial charge in [-0.25, -0.2) is 4.98 Å². The lowest BCUT2D eigenvalue weighted by molar-refractivity contribution is 0.102. The normalized spacial score (nSPS) is 10.7. The van der Waals surface area contributed by atoms with Crippen molar-refractivity contribution >= 4 is 34.1 Å². The van der Waals surface area contributed by atoms with Crippen LogP contribution in [0.1, 0.15) is 16.1 Å². The summed E-state index contributed by atoms with van der Waals surface area (Å²) in [6.07, 6.45) is 1.68. The highest BCUT2D eigenvalue weighted by Gasteiger charge is 2.10. The molecule has 2 heterocycles. The van der Waals surface area contributed by atoms with E-state index in [0.717, 1.165) is 10.9 Å². The van der Waals surface area contributed by atoms with Crippen LogP contribution in [0.5, 0.6) is 0 Å². The van der Waals surface area contributed by atoms with Crippen molar-refractivity contribution in [1.29, 1.82) is 0 Å². The summed E-state index contributed by atoms with van der Waals surface area (Å²) in [4.78, 5) is 16.3. The van der Waals surface area contributed by atoms with Gasteiger partial charge < -0.3 is 5.32 Å². The van der Waals surface area contributed by atoms with Gasteiger partial charge in [-0.1, -0.05) is 17.7 Å². The molecule has 100 valence electrons. The van der Waals surface area contributed by atoms with Gasteiger partial charge in [0.1, 0.15) is 5.15 Å². The Balaban J connectivity index is 1.94. The lowest BCUT2D eigenvalue weighted by Crippen LogP contribution is -2.12. The Morgan fingerprint density at radius 2 is 2.20 bits per heavy atom. The molecule has 2 aromatic heterocycles. The number of H-pyrrole nitrogens is 1. The lowest BCUT2D eigenvalue weighted by Gasteiger charge is -2.07. The van der Waals surface area contributed by atoms with Crippen LogP contribution in [0.25, 0.3) is 10.9 Å². The summed E-state index contributed by atoms with van der Waals surface area (Å²) in [5, 5.41) is 10.8. The van der Waals surface area contributed by atoms with Gasteiger partial charge in [0, 0.05) is 16.6 Å². The fraction of sp³-hybridized carbons (Fsp3) is 0.0714. The van der Waals surface area contributed by atoms with Gasteiger partial charge in [-0.05, 0) is 31.2 Å². The quantitative estimate of drug-likeness (QED) is 0.711. The number of nitrogens with one attached hydrogen (secondary N) is 2. The third-order valence-corrected chi connectivity index (χ3v) is 3.11. The Labute approximate surface area is 120 Å². The number of halogens is 1. The van der Waals surface area contributed by atoms with Crippen molar-refractivity contribution in [3.05, 3.63) is 52.9 Å². The van der Waals surface area contributed by atoms with E-state index >= 15 is 0 Å². The Morgan fingerprint density at radius 1 is 1.35 bits per heavy atom. The number of aryl methyl sites for hydroxylation is 1. The van der Waals surface area contributed by atoms with Gasteiger partial charge in [-0.2, -0.15) is 5.10 Å². The molecule has 0 unspecified atom stereocenters. The maximum Gasteiger partial charge on any atom is 0.255 e. The van der Waals surface area contributed by atoms with Crippen LogP contribution in [-0.2, 0) is 0 Å². The number of amides is 1. The molecular weight excluding hydrogens is 276 g/mol. The fourth-order valence-electron chi connectivity index (χ4n) is 2.03. The molecule has 0 saturated heterocycles. The molecule has 3 rings (SSSR count). The van der Waals surface area contributed by atoms with Crippen molar-refractivity contribution in [2.75, 3.05) is 5.32 Å². The monoisotopic (exact) mass is 286 g/mol. The molecule has 6 heteroatoms. The first kappa shape index (κ1) is 12.6. The van der Waals surface area contributed by atoms with Crippen LogP contribution < -0.4 is 5.32 Å². The second-order valence-electron chi connectivity index (χ2n) is 4.41. The van der Waals surface area contributed by atoms with E-state index < -0.39 is 0 Å². The molecule has 2 N–H and O–H groups in total. The molecule has 5 nitrogen and oxygen atoms in total. The summed E-state index contributed by atoms with van der Waals surface area (Å²) in [5.41, 5.74) is 2.74. The van der Waals surface area contributed by atoms with E-state index in [0.29, 0.717) is 22.1 Å². The first-order chi connectivity index (χ1) is 9.63. The lowest BCUT2D eigenvalue weighted by atomic mass is 10.2. The van der Waals surface area contributed by atoms with Crippen molar-refractivity contribution in [3.63, 3.8) is 0 Å². The summed E-state index contributed by atoms with van der Waals surface area (Å²) in [6.45, 7) is 1.79. The van der Waals surface area contributed by atoms with E-state index in [4.69, 9.17) is 11.6 Å². The molecule has 0 radical (unpaired) electrons. The molecule has 0 atom stereocenters. The van der Waals surface area contributed by atoms with Crippen LogP contribution in [0.2, 0.25) is 5.15 Å². The summed E-state index contributed by atoms with van der Waals surface area (Å²) >= 11 is 5.87. The third kappa shape index (κ3) is 2.35. The van der Waals surface area contributed by atoms with Gasteiger partial charge >= 0.3 is 0 Å². The molecule has 0 aliphatic carbocycles. The van der Waals surface area contributed by atoms with E-state index in [1.54, 1.807) is 25.3 Å². The largest absolute Gasteiger partial charge is 0.321 e. The number of hydrogen-bond donors (Lipinski definition) is 2. The van der Waals surface area contributed by atoms with E-state index in [1.807, 2.05) is 18.2 Å². The van der Waals surface area contributed by atoms with Crippen molar-refractivity contribution in [1.82, 2.24) is 15.2 Å². The zero-order valence-corrected chi connectivity index (χ0v) is 11.4. The number of fused-ring (bicyclic) bond motifs is 1. The van der Waals surface area contributed by atoms with Gasteiger partial charge in [-0.15, -0.1) is 0 Å². The van der Waals surface area contributed by atoms with Crippen molar-refractivity contribution < 1.29 is 4.79 Å². The van der Waals surface area contributed by atoms with Crippen LogP contribution in [-0.4, -0.2) is 21.1 Å². The van der Waals surface area contributed by atoms with E-state index in [2.05, 4.69) is 20.5 Å². The van der Waals surface area contributed by atoms with Crippen LogP contribution in [0, 0.1) is 6.92 Å². The molecule has 3 aromatic rings. The second kappa shape index (κ2) is 4.94. The molecule has 0 saturated carbocycles. The number of aromatic amines is 1. The molecule has 0 aliphatic heterocycles. The number of rotatable bonds is 2. The minimum atomic E-state index is -0.230. The van der Waals surface area contributed by atoms with Crippen LogP contribution in [0.4, 0.5) is 5.69 Å². The Kier molecular flexibility index (Phi) is 3.12. The fourth-order valence-corrected chi connectivity index (χ4v) is 2.28. The highest BCUT2D eigenvalue weighted by Crippen LogP contribution is 2.22. The molecule has 1 amide bonds. The number of nitrogens with zero attached hydrogens (tertiary/aromatic N) is 2. The van der Waals surface area contributed by atoms with Crippen molar-refractivity contribution in [2.45, 2.75) is 6.92 Å². The first-order valence-electron chi connectivity index (χ1n) is 6.01. The average molecular weight is 287 g/mol. The number of carbonyl (C=O) groups is 1. The molecule has 0 fully saturated rings. The first-order valence-corrected chi connectivity index (χ1v) is 6.39. The van der Waals surface area contributed by atoms with Gasteiger partial charge in [-0.3, -0.25) is 9.89 Å². The SMILES string of the molecule is Cc1cc(C(=O)Nc2cccc3[nH]ncc23)cc(Cl)n1. The van der Waals surface area contributed by atoms with Gasteiger partial charge in [0.15, 0.2) is 0 Å². The Bertz CT molecular complexity index is 776. The van der Waals surface area contributed by atoms with Crippen LogP contribution in [0.3, 0.4) is 0 Å². The summed E-state index contributed by atoms with van der Waals surface area (Å²) in [7, 11) is 0. The third-order valence-electron chi connectivity index (χ3n) is 2.92. The van der Waals surface area contributed by atoms with E-state index in [9.17, 15) is 4.79 Å². The zero-order valence-electron chi connectivity index (χ0n) is 10.6. The predicted molar refractivity (Wildman–Crippen MR) is 78.0 cm³/mol. The number of anilines is 1. The minimum absolute atomic E-state index is 0.230. The van der Waals surface area contributed by atoms with E-state index in [-0.39, 0.29) is 5.91 Å². The topological polar surface area (TPSA) is 70.7 Å². The Hall–Kier alpha value is -2.40. The number of aromatic nitrogens is 3. The van der Waals surface area contributed by atoms with Crippen LogP contribution >= 0.6 is 11.6 Å². The molecular formula is C14H11ClN4O.